The second-order valence-electron chi connectivity index (χ2n) is 4.12. The molecule has 0 aromatic heterocycles. The molecule has 0 amide bonds. The van der Waals surface area contributed by atoms with E-state index in [1.54, 1.807) is 0 Å². The summed E-state index contributed by atoms with van der Waals surface area (Å²) in [5.41, 5.74) is 0. The van der Waals surface area contributed by atoms with Crippen molar-refractivity contribution in [3.63, 3.8) is 0 Å². The van der Waals surface area contributed by atoms with Crippen molar-refractivity contribution in [3.05, 3.63) is 0 Å². The van der Waals surface area contributed by atoms with Gasteiger partial charge in [-0.2, -0.15) is 0 Å². The molecule has 16 heavy (non-hydrogen) atoms. The smallest absolute Gasteiger partial charge is 0.550 e. The summed E-state index contributed by atoms with van der Waals surface area (Å²) in [5, 5.41) is 19.5. The first kappa shape index (κ1) is 18.8. The number of aliphatic hydroxyl groups excluding tert-OH is 1. The third-order valence-electron chi connectivity index (χ3n) is 2.57. The van der Waals surface area contributed by atoms with Gasteiger partial charge in [-0.15, -0.1) is 0 Å². The summed E-state index contributed by atoms with van der Waals surface area (Å²) in [6, 6.07) is 0. The molecule has 0 bridgehead atoms. The standard InChI is InChI=1S/C12H24O3.Na/c1-2-3-4-5-6-7-8-11(13)9-10-12(14)15;/h11,13H,2-10H2,1H3,(H,14,15);/q;+1/p-1. The molecule has 0 spiro atoms. The van der Waals surface area contributed by atoms with Crippen LogP contribution in [0.5, 0.6) is 0 Å². The van der Waals surface area contributed by atoms with Gasteiger partial charge in [0, 0.05) is 5.97 Å². The van der Waals surface area contributed by atoms with Crippen LogP contribution in [0.2, 0.25) is 0 Å². The molecule has 0 rings (SSSR count). The molecule has 0 saturated carbocycles. The predicted molar refractivity (Wildman–Crippen MR) is 58.2 cm³/mol. The maximum Gasteiger partial charge on any atom is 1.00 e. The first-order valence-corrected chi connectivity index (χ1v) is 6.04. The van der Waals surface area contributed by atoms with Gasteiger partial charge in [-0.1, -0.05) is 45.4 Å². The summed E-state index contributed by atoms with van der Waals surface area (Å²) in [4.78, 5) is 10.1. The monoisotopic (exact) mass is 238 g/mol. The second kappa shape index (κ2) is 13.5. The van der Waals surface area contributed by atoms with E-state index in [0.29, 0.717) is 6.42 Å². The Hall–Kier alpha value is 0.430. The van der Waals surface area contributed by atoms with Crippen LogP contribution in [0.3, 0.4) is 0 Å². The van der Waals surface area contributed by atoms with Gasteiger partial charge in [-0.25, -0.2) is 0 Å². The number of unbranched alkanes of at least 4 members (excludes halogenated alkanes) is 5. The second-order valence-corrected chi connectivity index (χ2v) is 4.12. The summed E-state index contributed by atoms with van der Waals surface area (Å²) in [6.45, 7) is 2.18. The van der Waals surface area contributed by atoms with E-state index in [-0.39, 0.29) is 36.0 Å². The van der Waals surface area contributed by atoms with E-state index in [1.807, 2.05) is 0 Å². The van der Waals surface area contributed by atoms with Crippen molar-refractivity contribution in [1.29, 1.82) is 0 Å². The van der Waals surface area contributed by atoms with E-state index in [1.165, 1.54) is 25.7 Å². The van der Waals surface area contributed by atoms with E-state index >= 15 is 0 Å². The molecule has 90 valence electrons. The summed E-state index contributed by atoms with van der Waals surface area (Å²) < 4.78 is 0. The van der Waals surface area contributed by atoms with Crippen molar-refractivity contribution in [2.75, 3.05) is 0 Å². The van der Waals surface area contributed by atoms with Crippen LogP contribution < -0.4 is 34.7 Å². The minimum atomic E-state index is -1.07. The zero-order chi connectivity index (χ0) is 11.5. The van der Waals surface area contributed by atoms with Crippen molar-refractivity contribution in [2.24, 2.45) is 0 Å². The van der Waals surface area contributed by atoms with Crippen molar-refractivity contribution in [1.82, 2.24) is 0 Å². The number of carbonyl (C=O) groups excluding carboxylic acids is 1. The number of aliphatic carboxylic acids is 1. The fraction of sp³-hybridized carbons (Fsp3) is 0.917. The number of aliphatic hydroxyl groups is 1. The number of carboxylic acids is 1. The fourth-order valence-electron chi connectivity index (χ4n) is 1.59. The summed E-state index contributed by atoms with van der Waals surface area (Å²) in [7, 11) is 0. The number of carboxylic acid groups (broad SMARTS) is 1. The largest absolute Gasteiger partial charge is 1.00 e. The Balaban J connectivity index is 0. The van der Waals surface area contributed by atoms with Gasteiger partial charge in [0.05, 0.1) is 6.10 Å². The minimum Gasteiger partial charge on any atom is -0.550 e. The van der Waals surface area contributed by atoms with Crippen LogP contribution in [0.4, 0.5) is 0 Å². The Morgan fingerprint density at radius 3 is 2.25 bits per heavy atom. The van der Waals surface area contributed by atoms with E-state index in [4.69, 9.17) is 0 Å². The fourth-order valence-corrected chi connectivity index (χ4v) is 1.59. The third-order valence-corrected chi connectivity index (χ3v) is 2.57. The number of hydrogen-bond acceptors (Lipinski definition) is 3. The van der Waals surface area contributed by atoms with E-state index in [0.717, 1.165) is 19.3 Å². The predicted octanol–water partition coefficient (Wildman–Crippen LogP) is -1.37. The normalized spacial score (nSPS) is 11.9. The Labute approximate surface area is 121 Å². The molecule has 4 heteroatoms. The Morgan fingerprint density at radius 1 is 1.12 bits per heavy atom. The van der Waals surface area contributed by atoms with Gasteiger partial charge in [-0.05, 0) is 19.3 Å². The van der Waals surface area contributed by atoms with Gasteiger partial charge in [0.2, 0.25) is 0 Å². The van der Waals surface area contributed by atoms with E-state index in [2.05, 4.69) is 6.92 Å². The van der Waals surface area contributed by atoms with Crippen molar-refractivity contribution >= 4 is 5.97 Å². The first-order chi connectivity index (χ1) is 7.16. The van der Waals surface area contributed by atoms with Crippen molar-refractivity contribution in [3.8, 4) is 0 Å². The molecule has 1 unspecified atom stereocenters. The van der Waals surface area contributed by atoms with Crippen molar-refractivity contribution in [2.45, 2.75) is 70.8 Å². The molecule has 1 N–H and O–H groups in total. The zero-order valence-electron chi connectivity index (χ0n) is 10.7. The molecule has 0 aliphatic rings. The quantitative estimate of drug-likeness (QED) is 0.377. The third kappa shape index (κ3) is 14.4. The van der Waals surface area contributed by atoms with Crippen LogP contribution in [-0.2, 0) is 4.79 Å². The molecular weight excluding hydrogens is 215 g/mol. The minimum absolute atomic E-state index is 0. The van der Waals surface area contributed by atoms with Crippen LogP contribution in [0, 0.1) is 0 Å². The molecular formula is C12H23NaO3. The van der Waals surface area contributed by atoms with Gasteiger partial charge < -0.3 is 15.0 Å². The Kier molecular flexibility index (Phi) is 15.8. The summed E-state index contributed by atoms with van der Waals surface area (Å²) in [5.74, 6) is -1.07. The topological polar surface area (TPSA) is 60.4 Å². The molecule has 0 aliphatic heterocycles. The summed E-state index contributed by atoms with van der Waals surface area (Å²) in [6.07, 6.45) is 7.72. The van der Waals surface area contributed by atoms with E-state index < -0.39 is 12.1 Å². The van der Waals surface area contributed by atoms with Crippen LogP contribution in [-0.4, -0.2) is 17.2 Å². The van der Waals surface area contributed by atoms with Gasteiger partial charge in [0.15, 0.2) is 0 Å². The van der Waals surface area contributed by atoms with Crippen LogP contribution in [0.1, 0.15) is 64.7 Å². The number of rotatable bonds is 10. The Bertz CT molecular complexity index is 162. The van der Waals surface area contributed by atoms with Crippen molar-refractivity contribution < 1.29 is 44.6 Å². The van der Waals surface area contributed by atoms with Gasteiger partial charge in [0.1, 0.15) is 0 Å². The van der Waals surface area contributed by atoms with Crippen LogP contribution in [0.15, 0.2) is 0 Å². The molecule has 0 aliphatic carbocycles. The molecule has 0 saturated heterocycles. The maximum atomic E-state index is 10.1. The average Bonchev–Trinajstić information content (AvgIpc) is 2.20. The number of carbonyl (C=O) groups is 1. The SMILES string of the molecule is CCCCCCCCC(O)CCC(=O)[O-].[Na+]. The average molecular weight is 238 g/mol. The molecule has 0 heterocycles. The number of hydrogen-bond donors (Lipinski definition) is 1. The van der Waals surface area contributed by atoms with Gasteiger partial charge in [0.25, 0.3) is 0 Å². The Morgan fingerprint density at radius 2 is 1.69 bits per heavy atom. The molecule has 0 radical (unpaired) electrons. The molecule has 0 aromatic carbocycles. The van der Waals surface area contributed by atoms with Crippen LogP contribution >= 0.6 is 0 Å². The summed E-state index contributed by atoms with van der Waals surface area (Å²) >= 11 is 0. The van der Waals surface area contributed by atoms with E-state index in [9.17, 15) is 15.0 Å². The molecule has 3 nitrogen and oxygen atoms in total. The van der Waals surface area contributed by atoms with Gasteiger partial charge in [-0.3, -0.25) is 0 Å². The molecule has 1 atom stereocenters. The first-order valence-electron chi connectivity index (χ1n) is 6.04. The van der Waals surface area contributed by atoms with Gasteiger partial charge >= 0.3 is 29.6 Å². The zero-order valence-corrected chi connectivity index (χ0v) is 12.7. The molecule has 0 aromatic rings. The molecule has 0 fully saturated rings. The maximum absolute atomic E-state index is 10.1. The van der Waals surface area contributed by atoms with Crippen LogP contribution in [0.25, 0.3) is 0 Å².